The Hall–Kier alpha value is -0.740. The summed E-state index contributed by atoms with van der Waals surface area (Å²) in [5.41, 5.74) is 6.91. The van der Waals surface area contributed by atoms with Gasteiger partial charge < -0.3 is 21.5 Å². The van der Waals surface area contributed by atoms with Crippen LogP contribution in [0.15, 0.2) is 0 Å². The lowest BCUT2D eigenvalue weighted by Gasteiger charge is -2.16. The summed E-state index contributed by atoms with van der Waals surface area (Å²) in [5.74, 6) is 0. The second kappa shape index (κ2) is 8.56. The molecule has 0 amide bonds. The zero-order valence-corrected chi connectivity index (χ0v) is 9.97. The Bertz CT molecular complexity index is 201. The molecule has 4 N–H and O–H groups in total. The molecule has 0 saturated carbocycles. The van der Waals surface area contributed by atoms with Gasteiger partial charge in [-0.1, -0.05) is 6.92 Å². The molecule has 0 radical (unpaired) electrons. The standard InChI is InChI=1S/C11H24N4/c1-3-10(13)5-8-15(2)9-6-11(14)4-7-12/h13-14H,3-9,12H2,1-2H3. The van der Waals surface area contributed by atoms with Gasteiger partial charge in [-0.05, 0) is 39.3 Å². The van der Waals surface area contributed by atoms with E-state index in [9.17, 15) is 0 Å². The van der Waals surface area contributed by atoms with E-state index in [1.165, 1.54) is 0 Å². The molecule has 0 fully saturated rings. The van der Waals surface area contributed by atoms with E-state index in [0.717, 1.165) is 43.8 Å². The van der Waals surface area contributed by atoms with Crippen molar-refractivity contribution in [1.82, 2.24) is 4.90 Å². The summed E-state index contributed by atoms with van der Waals surface area (Å²) in [7, 11) is 2.04. The maximum Gasteiger partial charge on any atom is 0.0114 e. The molecule has 4 heteroatoms. The first-order chi connectivity index (χ1) is 7.10. The lowest BCUT2D eigenvalue weighted by Crippen LogP contribution is -2.24. The Labute approximate surface area is 92.9 Å². The molecule has 0 aromatic rings. The summed E-state index contributed by atoms with van der Waals surface area (Å²) in [6.45, 7) is 4.40. The second-order valence-corrected chi connectivity index (χ2v) is 3.90. The predicted molar refractivity (Wildman–Crippen MR) is 66.1 cm³/mol. The van der Waals surface area contributed by atoms with Crippen LogP contribution in [-0.2, 0) is 0 Å². The topological polar surface area (TPSA) is 77.0 Å². The molecular formula is C11H24N4. The number of nitrogens with two attached hydrogens (primary N) is 1. The summed E-state index contributed by atoms with van der Waals surface area (Å²) in [6, 6.07) is 0. The lowest BCUT2D eigenvalue weighted by molar-refractivity contribution is 0.353. The zero-order valence-electron chi connectivity index (χ0n) is 9.97. The monoisotopic (exact) mass is 212 g/mol. The van der Waals surface area contributed by atoms with Crippen molar-refractivity contribution in [3.63, 3.8) is 0 Å². The first kappa shape index (κ1) is 14.3. The lowest BCUT2D eigenvalue weighted by atomic mass is 10.2. The average Bonchev–Trinajstić information content (AvgIpc) is 2.23. The van der Waals surface area contributed by atoms with Gasteiger partial charge in [0.2, 0.25) is 0 Å². The van der Waals surface area contributed by atoms with Gasteiger partial charge >= 0.3 is 0 Å². The Kier molecular flexibility index (Phi) is 8.14. The van der Waals surface area contributed by atoms with E-state index in [-0.39, 0.29) is 0 Å². The number of hydrogen-bond acceptors (Lipinski definition) is 4. The number of rotatable bonds is 9. The fourth-order valence-corrected chi connectivity index (χ4v) is 1.24. The highest BCUT2D eigenvalue weighted by Crippen LogP contribution is 1.96. The van der Waals surface area contributed by atoms with Gasteiger partial charge in [-0.3, -0.25) is 0 Å². The van der Waals surface area contributed by atoms with Gasteiger partial charge in [-0.2, -0.15) is 0 Å². The van der Waals surface area contributed by atoms with Crippen LogP contribution in [0.2, 0.25) is 0 Å². The minimum absolute atomic E-state index is 0.572. The molecular weight excluding hydrogens is 188 g/mol. The van der Waals surface area contributed by atoms with Gasteiger partial charge in [0.25, 0.3) is 0 Å². The minimum atomic E-state index is 0.572. The van der Waals surface area contributed by atoms with Gasteiger partial charge in [0, 0.05) is 24.5 Å². The first-order valence-electron chi connectivity index (χ1n) is 5.61. The minimum Gasteiger partial charge on any atom is -0.330 e. The van der Waals surface area contributed by atoms with E-state index >= 15 is 0 Å². The van der Waals surface area contributed by atoms with Crippen LogP contribution in [0.4, 0.5) is 0 Å². The third kappa shape index (κ3) is 8.27. The first-order valence-corrected chi connectivity index (χ1v) is 5.61. The highest BCUT2D eigenvalue weighted by atomic mass is 15.1. The molecule has 0 atom stereocenters. The molecule has 15 heavy (non-hydrogen) atoms. The Morgan fingerprint density at radius 3 is 2.07 bits per heavy atom. The fraction of sp³-hybridized carbons (Fsp3) is 0.818. The van der Waals surface area contributed by atoms with Crippen molar-refractivity contribution in [2.75, 3.05) is 26.7 Å². The summed E-state index contributed by atoms with van der Waals surface area (Å²) < 4.78 is 0. The summed E-state index contributed by atoms with van der Waals surface area (Å²) in [4.78, 5) is 2.18. The molecule has 0 aliphatic rings. The maximum absolute atomic E-state index is 7.59. The van der Waals surface area contributed by atoms with Crippen LogP contribution in [0.25, 0.3) is 0 Å². The van der Waals surface area contributed by atoms with Crippen LogP contribution in [0.5, 0.6) is 0 Å². The largest absolute Gasteiger partial charge is 0.330 e. The molecule has 0 rings (SSSR count). The van der Waals surface area contributed by atoms with Crippen LogP contribution in [0.1, 0.15) is 32.6 Å². The molecule has 0 unspecified atom stereocenters. The summed E-state index contributed by atoms with van der Waals surface area (Å²) in [6.07, 6.45) is 3.19. The maximum atomic E-state index is 7.59. The number of nitrogens with zero attached hydrogens (tertiary/aromatic N) is 1. The number of hydrogen-bond donors (Lipinski definition) is 3. The average molecular weight is 212 g/mol. The predicted octanol–water partition coefficient (Wildman–Crippen LogP) is 1.50. The smallest absolute Gasteiger partial charge is 0.0114 e. The summed E-state index contributed by atoms with van der Waals surface area (Å²) >= 11 is 0. The van der Waals surface area contributed by atoms with Crippen LogP contribution < -0.4 is 5.73 Å². The van der Waals surface area contributed by atoms with E-state index < -0.39 is 0 Å². The third-order valence-corrected chi connectivity index (χ3v) is 2.46. The zero-order chi connectivity index (χ0) is 11.7. The van der Waals surface area contributed by atoms with E-state index in [0.29, 0.717) is 13.0 Å². The molecule has 0 saturated heterocycles. The van der Waals surface area contributed by atoms with Gasteiger partial charge in [0.1, 0.15) is 0 Å². The van der Waals surface area contributed by atoms with Crippen molar-refractivity contribution in [1.29, 1.82) is 10.8 Å². The summed E-state index contributed by atoms with van der Waals surface area (Å²) in [5, 5.41) is 15.1. The normalized spacial score (nSPS) is 10.7. The quantitative estimate of drug-likeness (QED) is 0.506. The van der Waals surface area contributed by atoms with Crippen molar-refractivity contribution < 1.29 is 0 Å². The van der Waals surface area contributed by atoms with Gasteiger partial charge in [-0.25, -0.2) is 0 Å². The molecule has 0 aromatic heterocycles. The van der Waals surface area contributed by atoms with Crippen molar-refractivity contribution in [3.8, 4) is 0 Å². The molecule has 0 bridgehead atoms. The van der Waals surface area contributed by atoms with Crippen molar-refractivity contribution in [2.45, 2.75) is 32.6 Å². The van der Waals surface area contributed by atoms with Crippen LogP contribution in [0, 0.1) is 10.8 Å². The van der Waals surface area contributed by atoms with Crippen LogP contribution in [-0.4, -0.2) is 43.0 Å². The molecule has 0 spiro atoms. The van der Waals surface area contributed by atoms with Crippen molar-refractivity contribution >= 4 is 11.4 Å². The van der Waals surface area contributed by atoms with E-state index in [1.807, 2.05) is 14.0 Å². The Balaban J connectivity index is 3.52. The van der Waals surface area contributed by atoms with Crippen molar-refractivity contribution in [2.24, 2.45) is 5.73 Å². The van der Waals surface area contributed by atoms with E-state index in [2.05, 4.69) is 4.90 Å². The molecule has 88 valence electrons. The SMILES string of the molecule is CCC(=N)CCN(C)CCC(=N)CCN. The Morgan fingerprint density at radius 2 is 1.60 bits per heavy atom. The van der Waals surface area contributed by atoms with Crippen LogP contribution in [0.3, 0.4) is 0 Å². The second-order valence-electron chi connectivity index (χ2n) is 3.90. The van der Waals surface area contributed by atoms with E-state index in [1.54, 1.807) is 0 Å². The molecule has 4 nitrogen and oxygen atoms in total. The fourth-order valence-electron chi connectivity index (χ4n) is 1.24. The van der Waals surface area contributed by atoms with Gasteiger partial charge in [0.15, 0.2) is 0 Å². The van der Waals surface area contributed by atoms with E-state index in [4.69, 9.17) is 16.6 Å². The highest BCUT2D eigenvalue weighted by molar-refractivity contribution is 5.82. The molecule has 0 aliphatic carbocycles. The van der Waals surface area contributed by atoms with Gasteiger partial charge in [0.05, 0.1) is 0 Å². The highest BCUT2D eigenvalue weighted by Gasteiger charge is 2.02. The third-order valence-electron chi connectivity index (χ3n) is 2.46. The molecule has 0 aliphatic heterocycles. The Morgan fingerprint density at radius 1 is 1.07 bits per heavy atom. The van der Waals surface area contributed by atoms with Gasteiger partial charge in [-0.15, -0.1) is 0 Å². The molecule has 0 aromatic carbocycles. The van der Waals surface area contributed by atoms with Crippen molar-refractivity contribution in [3.05, 3.63) is 0 Å². The van der Waals surface area contributed by atoms with Crippen LogP contribution >= 0.6 is 0 Å². The number of nitrogens with one attached hydrogen (secondary N) is 2. The molecule has 0 heterocycles.